The van der Waals surface area contributed by atoms with Gasteiger partial charge in [0.1, 0.15) is 0 Å². The molecular weight excluding hydrogens is 202 g/mol. The van der Waals surface area contributed by atoms with Crippen molar-refractivity contribution in [1.82, 2.24) is 9.80 Å². The first-order valence-electron chi connectivity index (χ1n) is 6.24. The fraction of sp³-hybridized carbons (Fsp3) is 1.00. The summed E-state index contributed by atoms with van der Waals surface area (Å²) in [6.07, 6.45) is 3.98. The molecule has 2 saturated heterocycles. The molecule has 0 aromatic rings. The molecule has 2 atom stereocenters. The van der Waals surface area contributed by atoms with E-state index in [0.29, 0.717) is 6.54 Å². The van der Waals surface area contributed by atoms with E-state index in [9.17, 15) is 0 Å². The molecule has 0 radical (unpaired) electrons. The van der Waals surface area contributed by atoms with Crippen LogP contribution in [0.1, 0.15) is 19.3 Å². The Balaban J connectivity index is 1.82. The number of hydrogen-bond donors (Lipinski definition) is 0. The van der Waals surface area contributed by atoms with Crippen LogP contribution in [0.4, 0.5) is 0 Å². The highest BCUT2D eigenvalue weighted by Crippen LogP contribution is 2.29. The van der Waals surface area contributed by atoms with E-state index >= 15 is 0 Å². The number of azide groups is 1. The van der Waals surface area contributed by atoms with Crippen LogP contribution in [-0.2, 0) is 0 Å². The minimum atomic E-state index is 0.615. The average molecular weight is 223 g/mol. The predicted molar refractivity (Wildman–Crippen MR) is 64.2 cm³/mol. The molecule has 0 bridgehead atoms. The normalized spacial score (nSPS) is 31.8. The van der Waals surface area contributed by atoms with Crippen molar-refractivity contribution >= 4 is 0 Å². The molecule has 90 valence electrons. The van der Waals surface area contributed by atoms with Gasteiger partial charge in [0.2, 0.25) is 0 Å². The van der Waals surface area contributed by atoms with Crippen LogP contribution in [0.2, 0.25) is 0 Å². The minimum absolute atomic E-state index is 0.615. The zero-order valence-corrected chi connectivity index (χ0v) is 10.0. The third kappa shape index (κ3) is 2.67. The molecule has 5 nitrogen and oxygen atoms in total. The van der Waals surface area contributed by atoms with Crippen molar-refractivity contribution in [2.75, 3.05) is 39.8 Å². The molecule has 0 aromatic heterocycles. The van der Waals surface area contributed by atoms with Crippen molar-refractivity contribution in [3.63, 3.8) is 0 Å². The molecule has 5 heteroatoms. The lowest BCUT2D eigenvalue weighted by Crippen LogP contribution is -2.52. The fourth-order valence-corrected chi connectivity index (χ4v) is 3.16. The summed E-state index contributed by atoms with van der Waals surface area (Å²) in [7, 11) is 2.26. The van der Waals surface area contributed by atoms with Gasteiger partial charge in [0.05, 0.1) is 0 Å². The van der Waals surface area contributed by atoms with Crippen molar-refractivity contribution < 1.29 is 0 Å². The van der Waals surface area contributed by atoms with E-state index in [1.54, 1.807) is 0 Å². The van der Waals surface area contributed by atoms with Crippen LogP contribution in [-0.4, -0.2) is 55.6 Å². The Morgan fingerprint density at radius 1 is 1.38 bits per heavy atom. The molecule has 2 rings (SSSR count). The van der Waals surface area contributed by atoms with Gasteiger partial charge in [-0.05, 0) is 50.8 Å². The maximum atomic E-state index is 8.25. The van der Waals surface area contributed by atoms with Gasteiger partial charge in [-0.3, -0.25) is 0 Å². The lowest BCUT2D eigenvalue weighted by Gasteiger charge is -2.46. The first-order chi connectivity index (χ1) is 7.81. The number of hydrogen-bond acceptors (Lipinski definition) is 3. The van der Waals surface area contributed by atoms with Crippen LogP contribution in [0.3, 0.4) is 0 Å². The van der Waals surface area contributed by atoms with Crippen LogP contribution >= 0.6 is 0 Å². The molecule has 0 amide bonds. The third-order valence-corrected chi connectivity index (χ3v) is 4.01. The van der Waals surface area contributed by atoms with Crippen LogP contribution in [0.25, 0.3) is 10.4 Å². The van der Waals surface area contributed by atoms with Gasteiger partial charge in [0.15, 0.2) is 0 Å². The van der Waals surface area contributed by atoms with Crippen molar-refractivity contribution in [3.8, 4) is 0 Å². The summed E-state index contributed by atoms with van der Waals surface area (Å²) in [6.45, 7) is 5.16. The Hall–Kier alpha value is -0.770. The number of piperidine rings is 2. The second-order valence-corrected chi connectivity index (χ2v) is 4.99. The van der Waals surface area contributed by atoms with Gasteiger partial charge in [0.25, 0.3) is 0 Å². The first kappa shape index (κ1) is 11.7. The van der Waals surface area contributed by atoms with Gasteiger partial charge in [0, 0.05) is 30.6 Å². The van der Waals surface area contributed by atoms with Crippen LogP contribution in [0, 0.1) is 5.92 Å². The minimum Gasteiger partial charge on any atom is -0.303 e. The Morgan fingerprint density at radius 2 is 2.25 bits per heavy atom. The molecule has 0 N–H and O–H groups in total. The Morgan fingerprint density at radius 3 is 3.06 bits per heavy atom. The summed E-state index contributed by atoms with van der Waals surface area (Å²) in [4.78, 5) is 7.78. The lowest BCUT2D eigenvalue weighted by atomic mass is 9.84. The molecule has 0 spiro atoms. The fourth-order valence-electron chi connectivity index (χ4n) is 3.16. The van der Waals surface area contributed by atoms with Crippen LogP contribution in [0.15, 0.2) is 5.11 Å². The summed E-state index contributed by atoms with van der Waals surface area (Å²) in [6, 6.07) is 0.796. The molecule has 2 unspecified atom stereocenters. The molecule has 2 aliphatic rings. The second-order valence-electron chi connectivity index (χ2n) is 4.99. The van der Waals surface area contributed by atoms with E-state index in [0.717, 1.165) is 25.0 Å². The first-order valence-corrected chi connectivity index (χ1v) is 6.24. The van der Waals surface area contributed by atoms with Crippen molar-refractivity contribution in [2.45, 2.75) is 25.3 Å². The van der Waals surface area contributed by atoms with Gasteiger partial charge in [-0.1, -0.05) is 5.11 Å². The van der Waals surface area contributed by atoms with Crippen LogP contribution < -0.4 is 0 Å². The monoisotopic (exact) mass is 223 g/mol. The SMILES string of the molecule is CN1CCCC2CN(CCN=[N+]=[N-])CCC21. The highest BCUT2D eigenvalue weighted by atomic mass is 15.2. The van der Waals surface area contributed by atoms with Crippen molar-refractivity contribution in [2.24, 2.45) is 11.0 Å². The van der Waals surface area contributed by atoms with Crippen molar-refractivity contribution in [1.29, 1.82) is 0 Å². The number of nitrogens with zero attached hydrogens (tertiary/aromatic N) is 5. The number of rotatable bonds is 3. The Labute approximate surface area is 97.0 Å². The standard InChI is InChI=1S/C11H21N5/c1-15-6-2-3-10-9-16(7-4-11(10)15)8-5-13-14-12/h10-11H,2-9H2,1H3. The molecule has 0 aliphatic carbocycles. The quantitative estimate of drug-likeness (QED) is 0.415. The number of fused-ring (bicyclic) bond motifs is 1. The van der Waals surface area contributed by atoms with E-state index in [1.165, 1.54) is 32.4 Å². The summed E-state index contributed by atoms with van der Waals surface area (Å²) in [5, 5.41) is 3.61. The molecular formula is C11H21N5. The maximum Gasteiger partial charge on any atom is 0.0385 e. The van der Waals surface area contributed by atoms with Crippen molar-refractivity contribution in [3.05, 3.63) is 10.4 Å². The summed E-state index contributed by atoms with van der Waals surface area (Å²) in [5.41, 5.74) is 8.25. The Bertz CT molecular complexity index is 274. The summed E-state index contributed by atoms with van der Waals surface area (Å²) >= 11 is 0. The predicted octanol–water partition coefficient (Wildman–Crippen LogP) is 1.71. The highest BCUT2D eigenvalue weighted by molar-refractivity contribution is 4.89. The topological polar surface area (TPSA) is 55.2 Å². The van der Waals surface area contributed by atoms with Gasteiger partial charge < -0.3 is 9.80 Å². The van der Waals surface area contributed by atoms with E-state index < -0.39 is 0 Å². The van der Waals surface area contributed by atoms with Crippen LogP contribution in [0.5, 0.6) is 0 Å². The van der Waals surface area contributed by atoms with E-state index in [4.69, 9.17) is 5.53 Å². The maximum absolute atomic E-state index is 8.25. The lowest BCUT2D eigenvalue weighted by molar-refractivity contribution is 0.0399. The second kappa shape index (κ2) is 5.53. The molecule has 16 heavy (non-hydrogen) atoms. The molecule has 2 aliphatic heterocycles. The molecule has 0 aromatic carbocycles. The van der Waals surface area contributed by atoms with Gasteiger partial charge in [-0.2, -0.15) is 0 Å². The van der Waals surface area contributed by atoms with Gasteiger partial charge in [-0.25, -0.2) is 0 Å². The third-order valence-electron chi connectivity index (χ3n) is 4.01. The largest absolute Gasteiger partial charge is 0.303 e. The Kier molecular flexibility index (Phi) is 4.04. The van der Waals surface area contributed by atoms with E-state index in [-0.39, 0.29) is 0 Å². The molecule has 2 fully saturated rings. The highest BCUT2D eigenvalue weighted by Gasteiger charge is 2.33. The van der Waals surface area contributed by atoms with Gasteiger partial charge >= 0.3 is 0 Å². The summed E-state index contributed by atoms with van der Waals surface area (Å²) in [5.74, 6) is 0.832. The van der Waals surface area contributed by atoms with Gasteiger partial charge in [-0.15, -0.1) is 0 Å². The molecule has 2 heterocycles. The molecule has 0 saturated carbocycles. The van der Waals surface area contributed by atoms with E-state index in [1.807, 2.05) is 0 Å². The number of likely N-dealkylation sites (tertiary alicyclic amines) is 2. The smallest absolute Gasteiger partial charge is 0.0385 e. The zero-order valence-electron chi connectivity index (χ0n) is 10.0. The summed E-state index contributed by atoms with van der Waals surface area (Å²) < 4.78 is 0. The van der Waals surface area contributed by atoms with E-state index in [2.05, 4.69) is 26.9 Å². The zero-order chi connectivity index (χ0) is 11.4. The average Bonchev–Trinajstić information content (AvgIpc) is 2.30.